The molecule has 0 aromatic heterocycles. The highest BCUT2D eigenvalue weighted by Gasteiger charge is 2.03. The smallest absolute Gasteiger partial charge is 0.258 e. The molecular formula is C19H23NO3. The second kappa shape index (κ2) is 8.83. The third-order valence-electron chi connectivity index (χ3n) is 3.43. The lowest BCUT2D eigenvalue weighted by Gasteiger charge is -2.09. The number of aryl methyl sites for hydroxylation is 1. The van der Waals surface area contributed by atoms with Crippen molar-refractivity contribution in [1.82, 2.24) is 5.32 Å². The first-order chi connectivity index (χ1) is 11.2. The van der Waals surface area contributed by atoms with E-state index in [1.807, 2.05) is 55.5 Å². The molecule has 0 heterocycles. The van der Waals surface area contributed by atoms with Crippen molar-refractivity contribution >= 4 is 5.91 Å². The third-order valence-corrected chi connectivity index (χ3v) is 3.43. The van der Waals surface area contributed by atoms with Gasteiger partial charge in [-0.05, 0) is 48.7 Å². The highest BCUT2D eigenvalue weighted by atomic mass is 16.5. The number of amides is 1. The fraction of sp³-hybridized carbons (Fsp3) is 0.316. The standard InChI is InChI=1S/C19H23NO3/c1-3-15-5-9-18(10-6-15)23-14-19(21)20-13-16-7-11-17(12-8-16)22-4-2/h5-12H,3-4,13-14H2,1-2H3,(H,20,21). The van der Waals surface area contributed by atoms with E-state index in [2.05, 4.69) is 12.2 Å². The minimum Gasteiger partial charge on any atom is -0.494 e. The fourth-order valence-corrected chi connectivity index (χ4v) is 2.09. The van der Waals surface area contributed by atoms with Crippen molar-refractivity contribution in [2.45, 2.75) is 26.8 Å². The van der Waals surface area contributed by atoms with Crippen LogP contribution in [0.15, 0.2) is 48.5 Å². The van der Waals surface area contributed by atoms with Gasteiger partial charge in [0.2, 0.25) is 0 Å². The first kappa shape index (κ1) is 16.9. The monoisotopic (exact) mass is 313 g/mol. The van der Waals surface area contributed by atoms with Gasteiger partial charge < -0.3 is 14.8 Å². The number of carbonyl (C=O) groups is 1. The van der Waals surface area contributed by atoms with E-state index in [-0.39, 0.29) is 12.5 Å². The number of ether oxygens (including phenoxy) is 2. The molecule has 23 heavy (non-hydrogen) atoms. The minimum atomic E-state index is -0.140. The largest absolute Gasteiger partial charge is 0.494 e. The molecule has 2 aromatic carbocycles. The van der Waals surface area contributed by atoms with Crippen LogP contribution < -0.4 is 14.8 Å². The predicted molar refractivity (Wildman–Crippen MR) is 90.8 cm³/mol. The van der Waals surface area contributed by atoms with Gasteiger partial charge in [0.15, 0.2) is 6.61 Å². The van der Waals surface area contributed by atoms with Gasteiger partial charge >= 0.3 is 0 Å². The molecule has 0 aliphatic carbocycles. The van der Waals surface area contributed by atoms with Crippen molar-refractivity contribution in [3.8, 4) is 11.5 Å². The summed E-state index contributed by atoms with van der Waals surface area (Å²) in [4.78, 5) is 11.8. The third kappa shape index (κ3) is 5.66. The predicted octanol–water partition coefficient (Wildman–Crippen LogP) is 3.34. The highest BCUT2D eigenvalue weighted by molar-refractivity contribution is 5.77. The molecule has 1 N–H and O–H groups in total. The van der Waals surface area contributed by atoms with E-state index < -0.39 is 0 Å². The summed E-state index contributed by atoms with van der Waals surface area (Å²) < 4.78 is 10.9. The average molecular weight is 313 g/mol. The summed E-state index contributed by atoms with van der Waals surface area (Å²) in [6.07, 6.45) is 0.989. The molecule has 0 saturated heterocycles. The molecule has 0 fully saturated rings. The number of nitrogens with one attached hydrogen (secondary N) is 1. The molecule has 2 aromatic rings. The maximum atomic E-state index is 11.8. The fourth-order valence-electron chi connectivity index (χ4n) is 2.09. The van der Waals surface area contributed by atoms with Crippen LogP contribution in [0.5, 0.6) is 11.5 Å². The minimum absolute atomic E-state index is 0.0164. The van der Waals surface area contributed by atoms with E-state index in [1.165, 1.54) is 5.56 Å². The number of hydrogen-bond donors (Lipinski definition) is 1. The molecule has 4 heteroatoms. The van der Waals surface area contributed by atoms with Gasteiger partial charge in [-0.3, -0.25) is 4.79 Å². The van der Waals surface area contributed by atoms with Crippen molar-refractivity contribution in [1.29, 1.82) is 0 Å². The SMILES string of the molecule is CCOc1ccc(CNC(=O)COc2ccc(CC)cc2)cc1. The van der Waals surface area contributed by atoms with Gasteiger partial charge in [0, 0.05) is 6.54 Å². The second-order valence-electron chi connectivity index (χ2n) is 5.14. The molecule has 0 aliphatic heterocycles. The topological polar surface area (TPSA) is 47.6 Å². The number of hydrogen-bond acceptors (Lipinski definition) is 3. The Bertz CT molecular complexity index is 606. The molecule has 122 valence electrons. The van der Waals surface area contributed by atoms with Crippen molar-refractivity contribution in [2.75, 3.05) is 13.2 Å². The van der Waals surface area contributed by atoms with Crippen LogP contribution in [-0.2, 0) is 17.8 Å². The Balaban J connectivity index is 1.73. The molecule has 0 unspecified atom stereocenters. The van der Waals surface area contributed by atoms with Crippen LogP contribution >= 0.6 is 0 Å². The van der Waals surface area contributed by atoms with Gasteiger partial charge in [0.25, 0.3) is 5.91 Å². The summed E-state index contributed by atoms with van der Waals surface area (Å²) in [5.74, 6) is 1.40. The summed E-state index contributed by atoms with van der Waals surface area (Å²) in [6, 6.07) is 15.5. The van der Waals surface area contributed by atoms with Crippen LogP contribution in [0.4, 0.5) is 0 Å². The first-order valence-corrected chi connectivity index (χ1v) is 7.91. The van der Waals surface area contributed by atoms with E-state index >= 15 is 0 Å². The van der Waals surface area contributed by atoms with Crippen molar-refractivity contribution < 1.29 is 14.3 Å². The van der Waals surface area contributed by atoms with Gasteiger partial charge in [-0.2, -0.15) is 0 Å². The second-order valence-corrected chi connectivity index (χ2v) is 5.14. The van der Waals surface area contributed by atoms with Crippen molar-refractivity contribution in [3.05, 3.63) is 59.7 Å². The Morgan fingerprint density at radius 1 is 0.870 bits per heavy atom. The molecule has 0 bridgehead atoms. The zero-order chi connectivity index (χ0) is 16.5. The lowest BCUT2D eigenvalue weighted by Crippen LogP contribution is -2.28. The summed E-state index contributed by atoms with van der Waals surface area (Å²) in [5.41, 5.74) is 2.27. The van der Waals surface area contributed by atoms with Gasteiger partial charge in [-0.15, -0.1) is 0 Å². The summed E-state index contributed by atoms with van der Waals surface area (Å²) >= 11 is 0. The Morgan fingerprint density at radius 3 is 2.00 bits per heavy atom. The van der Waals surface area contributed by atoms with Crippen molar-refractivity contribution in [2.24, 2.45) is 0 Å². The van der Waals surface area contributed by atoms with Crippen molar-refractivity contribution in [3.63, 3.8) is 0 Å². The summed E-state index contributed by atoms with van der Waals surface area (Å²) in [6.45, 7) is 5.19. The molecular weight excluding hydrogens is 290 g/mol. The summed E-state index contributed by atoms with van der Waals surface area (Å²) in [7, 11) is 0. The van der Waals surface area contributed by atoms with Gasteiger partial charge in [0.1, 0.15) is 11.5 Å². The maximum absolute atomic E-state index is 11.8. The lowest BCUT2D eigenvalue weighted by atomic mass is 10.2. The van der Waals surface area contributed by atoms with E-state index in [0.29, 0.717) is 18.9 Å². The quantitative estimate of drug-likeness (QED) is 0.813. The molecule has 0 aliphatic rings. The molecule has 4 nitrogen and oxygen atoms in total. The Morgan fingerprint density at radius 2 is 1.43 bits per heavy atom. The van der Waals surface area contributed by atoms with Gasteiger partial charge in [0.05, 0.1) is 6.61 Å². The van der Waals surface area contributed by atoms with E-state index in [1.54, 1.807) is 0 Å². The molecule has 1 amide bonds. The lowest BCUT2D eigenvalue weighted by molar-refractivity contribution is -0.123. The van der Waals surface area contributed by atoms with E-state index in [4.69, 9.17) is 9.47 Å². The normalized spacial score (nSPS) is 10.2. The summed E-state index contributed by atoms with van der Waals surface area (Å²) in [5, 5.41) is 2.84. The van der Waals surface area contributed by atoms with E-state index in [9.17, 15) is 4.79 Å². The van der Waals surface area contributed by atoms with Crippen LogP contribution in [0.2, 0.25) is 0 Å². The first-order valence-electron chi connectivity index (χ1n) is 7.91. The Hall–Kier alpha value is -2.49. The molecule has 2 rings (SSSR count). The molecule has 0 saturated carbocycles. The van der Waals surface area contributed by atoms with Gasteiger partial charge in [-0.25, -0.2) is 0 Å². The molecule has 0 spiro atoms. The number of carbonyl (C=O) groups excluding carboxylic acids is 1. The zero-order valence-corrected chi connectivity index (χ0v) is 13.7. The van der Waals surface area contributed by atoms with Gasteiger partial charge in [-0.1, -0.05) is 31.2 Å². The zero-order valence-electron chi connectivity index (χ0n) is 13.7. The molecule has 0 atom stereocenters. The molecule has 0 radical (unpaired) electrons. The van der Waals surface area contributed by atoms with Crippen LogP contribution in [0.1, 0.15) is 25.0 Å². The Labute approximate surface area is 137 Å². The maximum Gasteiger partial charge on any atom is 0.258 e. The van der Waals surface area contributed by atoms with Crippen LogP contribution in [0, 0.1) is 0 Å². The van der Waals surface area contributed by atoms with E-state index in [0.717, 1.165) is 17.7 Å². The van der Waals surface area contributed by atoms with Crippen LogP contribution in [0.25, 0.3) is 0 Å². The number of rotatable bonds is 8. The Kier molecular flexibility index (Phi) is 6.48. The van der Waals surface area contributed by atoms with Crippen LogP contribution in [-0.4, -0.2) is 19.1 Å². The highest BCUT2D eigenvalue weighted by Crippen LogP contribution is 2.13. The number of benzene rings is 2. The van der Waals surface area contributed by atoms with Crippen LogP contribution in [0.3, 0.4) is 0 Å². The average Bonchev–Trinajstić information content (AvgIpc) is 2.60.